The van der Waals surface area contributed by atoms with Crippen molar-refractivity contribution in [1.82, 2.24) is 14.9 Å². The number of hydrogen-bond donors (Lipinski definition) is 1. The maximum Gasteiger partial charge on any atom is 0.340 e. The van der Waals surface area contributed by atoms with E-state index in [0.29, 0.717) is 49.9 Å². The van der Waals surface area contributed by atoms with E-state index < -0.39 is 0 Å². The average molecular weight is 383 g/mol. The maximum absolute atomic E-state index is 12.5. The molecule has 1 amide bonds. The Labute approximate surface area is 164 Å². The van der Waals surface area contributed by atoms with E-state index in [2.05, 4.69) is 20.2 Å². The van der Waals surface area contributed by atoms with Crippen LogP contribution in [0.1, 0.15) is 23.7 Å². The number of carbonyl (C=O) groups is 2. The van der Waals surface area contributed by atoms with Gasteiger partial charge in [-0.05, 0) is 25.1 Å². The van der Waals surface area contributed by atoms with Crippen LogP contribution in [0, 0.1) is 0 Å². The number of nitrogens with zero attached hydrogens (tertiary/aromatic N) is 4. The second-order valence-electron chi connectivity index (χ2n) is 6.36. The van der Waals surface area contributed by atoms with Crippen molar-refractivity contribution >= 4 is 23.5 Å². The number of aromatic nitrogens is 2. The van der Waals surface area contributed by atoms with E-state index in [9.17, 15) is 9.59 Å². The van der Waals surface area contributed by atoms with Crippen LogP contribution >= 0.6 is 0 Å². The Hall–Kier alpha value is -3.16. The zero-order valence-electron chi connectivity index (χ0n) is 16.0. The average Bonchev–Trinajstić information content (AvgIpc) is 2.75. The molecular formula is C20H25N5O3. The summed E-state index contributed by atoms with van der Waals surface area (Å²) in [5.41, 5.74) is 1.16. The van der Waals surface area contributed by atoms with Gasteiger partial charge >= 0.3 is 5.97 Å². The molecule has 2 heterocycles. The van der Waals surface area contributed by atoms with E-state index in [1.54, 1.807) is 37.5 Å². The second kappa shape index (κ2) is 9.68. The highest BCUT2D eigenvalue weighted by atomic mass is 16.5. The van der Waals surface area contributed by atoms with Crippen molar-refractivity contribution in [2.24, 2.45) is 0 Å². The van der Waals surface area contributed by atoms with Gasteiger partial charge in [-0.2, -0.15) is 0 Å². The molecule has 1 aromatic heterocycles. The molecule has 0 bridgehead atoms. The van der Waals surface area contributed by atoms with Crippen molar-refractivity contribution in [3.63, 3.8) is 0 Å². The summed E-state index contributed by atoms with van der Waals surface area (Å²) in [6, 6.07) is 8.95. The lowest BCUT2D eigenvalue weighted by molar-refractivity contribution is -0.131. The van der Waals surface area contributed by atoms with Crippen molar-refractivity contribution in [2.45, 2.75) is 13.3 Å². The van der Waals surface area contributed by atoms with Crippen molar-refractivity contribution in [3.8, 4) is 0 Å². The molecule has 0 spiro atoms. The van der Waals surface area contributed by atoms with Crippen LogP contribution in [0.2, 0.25) is 0 Å². The molecule has 0 aliphatic carbocycles. The number of rotatable bonds is 7. The lowest BCUT2D eigenvalue weighted by Crippen LogP contribution is -2.49. The smallest absolute Gasteiger partial charge is 0.340 e. The van der Waals surface area contributed by atoms with Crippen LogP contribution < -0.4 is 10.2 Å². The van der Waals surface area contributed by atoms with Crippen molar-refractivity contribution in [1.29, 1.82) is 0 Å². The number of carbonyl (C=O) groups excluding carboxylic acids is 2. The van der Waals surface area contributed by atoms with Gasteiger partial charge in [0.15, 0.2) is 0 Å². The fourth-order valence-electron chi connectivity index (χ4n) is 3.10. The zero-order valence-corrected chi connectivity index (χ0v) is 16.0. The molecule has 0 radical (unpaired) electrons. The van der Waals surface area contributed by atoms with E-state index in [4.69, 9.17) is 4.74 Å². The standard InChI is InChI=1S/C20H25N5O3/c1-2-28-19(27)16-6-3-4-7-17(16)21-11-8-18(26)24-12-14-25(15-13-24)20-22-9-5-10-23-20/h3-7,9-10,21H,2,8,11-15H2,1H3. The number of piperazine rings is 1. The number of para-hydroxylation sites is 1. The SMILES string of the molecule is CCOC(=O)c1ccccc1NCCC(=O)N1CCN(c2ncccn2)CC1. The fourth-order valence-corrected chi connectivity index (χ4v) is 3.10. The van der Waals surface area contributed by atoms with Gasteiger partial charge in [-0.1, -0.05) is 12.1 Å². The minimum absolute atomic E-state index is 0.0924. The summed E-state index contributed by atoms with van der Waals surface area (Å²) in [7, 11) is 0. The molecule has 28 heavy (non-hydrogen) atoms. The van der Waals surface area contributed by atoms with Gasteiger partial charge in [0.2, 0.25) is 11.9 Å². The van der Waals surface area contributed by atoms with E-state index in [0.717, 1.165) is 13.1 Å². The summed E-state index contributed by atoms with van der Waals surface area (Å²) < 4.78 is 5.07. The highest BCUT2D eigenvalue weighted by Gasteiger charge is 2.22. The van der Waals surface area contributed by atoms with Gasteiger partial charge in [0.25, 0.3) is 0 Å². The second-order valence-corrected chi connectivity index (χ2v) is 6.36. The molecule has 1 N–H and O–H groups in total. The zero-order chi connectivity index (χ0) is 19.8. The quantitative estimate of drug-likeness (QED) is 0.730. The third-order valence-corrected chi connectivity index (χ3v) is 4.54. The summed E-state index contributed by atoms with van der Waals surface area (Å²) >= 11 is 0. The molecule has 148 valence electrons. The third kappa shape index (κ3) is 4.97. The summed E-state index contributed by atoms with van der Waals surface area (Å²) in [4.78, 5) is 37.0. The van der Waals surface area contributed by atoms with Crippen LogP contribution in [0.15, 0.2) is 42.7 Å². The first kappa shape index (κ1) is 19.6. The number of nitrogens with one attached hydrogen (secondary N) is 1. The number of benzene rings is 1. The lowest BCUT2D eigenvalue weighted by atomic mass is 10.1. The number of esters is 1. The van der Waals surface area contributed by atoms with Crippen LogP contribution in [0.4, 0.5) is 11.6 Å². The van der Waals surface area contributed by atoms with Gasteiger partial charge in [-0.25, -0.2) is 14.8 Å². The normalized spacial score (nSPS) is 13.9. The van der Waals surface area contributed by atoms with Crippen LogP contribution in [0.5, 0.6) is 0 Å². The minimum Gasteiger partial charge on any atom is -0.462 e. The Morgan fingerprint density at radius 2 is 1.79 bits per heavy atom. The van der Waals surface area contributed by atoms with Gasteiger partial charge in [0.05, 0.1) is 12.2 Å². The summed E-state index contributed by atoms with van der Waals surface area (Å²) in [6.45, 7) is 5.29. The molecule has 3 rings (SSSR count). The Morgan fingerprint density at radius 1 is 1.07 bits per heavy atom. The highest BCUT2D eigenvalue weighted by Crippen LogP contribution is 2.16. The molecule has 1 fully saturated rings. The molecule has 8 heteroatoms. The largest absolute Gasteiger partial charge is 0.462 e. The van der Waals surface area contributed by atoms with Crippen LogP contribution in [-0.4, -0.2) is 66.1 Å². The molecule has 0 atom stereocenters. The fraction of sp³-hybridized carbons (Fsp3) is 0.400. The summed E-state index contributed by atoms with van der Waals surface area (Å²) in [5.74, 6) is 0.428. The summed E-state index contributed by atoms with van der Waals surface area (Å²) in [6.07, 6.45) is 3.80. The van der Waals surface area contributed by atoms with E-state index in [-0.39, 0.29) is 11.9 Å². The topological polar surface area (TPSA) is 87.7 Å². The Morgan fingerprint density at radius 3 is 2.50 bits per heavy atom. The van der Waals surface area contributed by atoms with Crippen LogP contribution in [0.25, 0.3) is 0 Å². The molecule has 1 saturated heterocycles. The van der Waals surface area contributed by atoms with Gasteiger partial charge in [-0.3, -0.25) is 4.79 Å². The van der Waals surface area contributed by atoms with Crippen LogP contribution in [0.3, 0.4) is 0 Å². The predicted molar refractivity (Wildman–Crippen MR) is 106 cm³/mol. The number of amides is 1. The Bertz CT molecular complexity index is 791. The molecule has 0 unspecified atom stereocenters. The van der Waals surface area contributed by atoms with Crippen molar-refractivity contribution in [2.75, 3.05) is 49.5 Å². The first-order valence-corrected chi connectivity index (χ1v) is 9.49. The first-order chi connectivity index (χ1) is 13.7. The van der Waals surface area contributed by atoms with E-state index in [1.165, 1.54) is 0 Å². The molecule has 8 nitrogen and oxygen atoms in total. The van der Waals surface area contributed by atoms with Gasteiger partial charge in [0, 0.05) is 57.2 Å². The van der Waals surface area contributed by atoms with Gasteiger partial charge < -0.3 is 19.9 Å². The van der Waals surface area contributed by atoms with Gasteiger partial charge in [-0.15, -0.1) is 0 Å². The van der Waals surface area contributed by atoms with Crippen molar-refractivity contribution < 1.29 is 14.3 Å². The van der Waals surface area contributed by atoms with Crippen molar-refractivity contribution in [3.05, 3.63) is 48.3 Å². The third-order valence-electron chi connectivity index (χ3n) is 4.54. The molecule has 2 aromatic rings. The molecule has 1 aromatic carbocycles. The Balaban J connectivity index is 1.46. The van der Waals surface area contributed by atoms with Gasteiger partial charge in [0.1, 0.15) is 0 Å². The molecule has 1 aliphatic rings. The molecule has 0 saturated carbocycles. The number of hydrogen-bond acceptors (Lipinski definition) is 7. The van der Waals surface area contributed by atoms with E-state index in [1.807, 2.05) is 17.0 Å². The monoisotopic (exact) mass is 383 g/mol. The predicted octanol–water partition coefficient (Wildman–Crippen LogP) is 1.80. The number of anilines is 2. The minimum atomic E-state index is -0.365. The lowest BCUT2D eigenvalue weighted by Gasteiger charge is -2.34. The first-order valence-electron chi connectivity index (χ1n) is 9.49. The van der Waals surface area contributed by atoms with Crippen LogP contribution in [-0.2, 0) is 9.53 Å². The molecule has 1 aliphatic heterocycles. The number of ether oxygens (including phenoxy) is 1. The Kier molecular flexibility index (Phi) is 6.78. The molecular weight excluding hydrogens is 358 g/mol. The summed E-state index contributed by atoms with van der Waals surface area (Å²) in [5, 5.41) is 3.18. The van der Waals surface area contributed by atoms with E-state index >= 15 is 0 Å². The maximum atomic E-state index is 12.5. The highest BCUT2D eigenvalue weighted by molar-refractivity contribution is 5.95.